The molecule has 98 valence electrons. The van der Waals surface area contributed by atoms with Crippen LogP contribution in [0.25, 0.3) is 0 Å². The number of benzene rings is 1. The van der Waals surface area contributed by atoms with Crippen molar-refractivity contribution in [2.24, 2.45) is 0 Å². The molecule has 18 heavy (non-hydrogen) atoms. The van der Waals surface area contributed by atoms with Crippen molar-refractivity contribution in [2.75, 3.05) is 25.6 Å². The van der Waals surface area contributed by atoms with E-state index in [-0.39, 0.29) is 0 Å². The molecule has 1 unspecified atom stereocenters. The third-order valence-corrected chi connectivity index (χ3v) is 2.80. The van der Waals surface area contributed by atoms with Gasteiger partial charge < -0.3 is 15.2 Å². The first-order chi connectivity index (χ1) is 8.48. The first-order valence-electron chi connectivity index (χ1n) is 5.94. The Morgan fingerprint density at radius 3 is 2.83 bits per heavy atom. The van der Waals surface area contributed by atoms with Gasteiger partial charge in [0.05, 0.1) is 16.9 Å². The number of nitrogens with one attached hydrogen (secondary N) is 1. The van der Waals surface area contributed by atoms with Crippen molar-refractivity contribution >= 4 is 5.69 Å². The molecular formula is C14H20N2O2. The molecule has 0 fully saturated rings. The van der Waals surface area contributed by atoms with Gasteiger partial charge in [0.1, 0.15) is 6.07 Å². The maximum Gasteiger partial charge on any atom is 0.101 e. The molecule has 1 rings (SSSR count). The van der Waals surface area contributed by atoms with Gasteiger partial charge in [0, 0.05) is 26.7 Å². The van der Waals surface area contributed by atoms with Crippen LogP contribution in [0.1, 0.15) is 24.5 Å². The summed E-state index contributed by atoms with van der Waals surface area (Å²) in [4.78, 5) is 0. The summed E-state index contributed by atoms with van der Waals surface area (Å²) in [5.41, 5.74) is 1.54. The predicted octanol–water partition coefficient (Wildman–Crippen LogP) is 2.07. The molecule has 1 aromatic carbocycles. The van der Waals surface area contributed by atoms with Gasteiger partial charge in [0.15, 0.2) is 0 Å². The highest BCUT2D eigenvalue weighted by atomic mass is 16.5. The highest BCUT2D eigenvalue weighted by Gasteiger charge is 2.20. The fraction of sp³-hybridized carbons (Fsp3) is 0.500. The minimum absolute atomic E-state index is 0.383. The van der Waals surface area contributed by atoms with Crippen LogP contribution < -0.4 is 5.32 Å². The first-order valence-corrected chi connectivity index (χ1v) is 5.94. The average molecular weight is 248 g/mol. The highest BCUT2D eigenvalue weighted by Crippen LogP contribution is 2.18. The van der Waals surface area contributed by atoms with E-state index in [4.69, 9.17) is 10.00 Å². The Labute approximate surface area is 108 Å². The van der Waals surface area contributed by atoms with E-state index in [1.165, 1.54) is 0 Å². The van der Waals surface area contributed by atoms with Crippen LogP contribution in [-0.4, -0.2) is 31.0 Å². The Balaban J connectivity index is 2.66. The van der Waals surface area contributed by atoms with Gasteiger partial charge in [-0.25, -0.2) is 0 Å². The largest absolute Gasteiger partial charge is 0.388 e. The molecule has 2 N–H and O–H groups in total. The molecule has 0 aliphatic rings. The summed E-state index contributed by atoms with van der Waals surface area (Å²) in [7, 11) is 1.61. The van der Waals surface area contributed by atoms with Crippen molar-refractivity contribution in [1.29, 1.82) is 5.26 Å². The topological polar surface area (TPSA) is 65.3 Å². The maximum atomic E-state index is 10.1. The molecule has 4 nitrogen and oxygen atoms in total. The Bertz CT molecular complexity index is 436. The zero-order valence-electron chi connectivity index (χ0n) is 11.2. The Morgan fingerprint density at radius 2 is 2.22 bits per heavy atom. The summed E-state index contributed by atoms with van der Waals surface area (Å²) >= 11 is 0. The van der Waals surface area contributed by atoms with Crippen LogP contribution in [0, 0.1) is 18.3 Å². The van der Waals surface area contributed by atoms with Crippen LogP contribution in [0.3, 0.4) is 0 Å². The van der Waals surface area contributed by atoms with Gasteiger partial charge >= 0.3 is 0 Å². The molecule has 0 aromatic heterocycles. The lowest BCUT2D eigenvalue weighted by atomic mass is 10.0. The first kappa shape index (κ1) is 14.5. The van der Waals surface area contributed by atoms with Crippen LogP contribution >= 0.6 is 0 Å². The molecule has 1 atom stereocenters. The third-order valence-electron chi connectivity index (χ3n) is 2.80. The van der Waals surface area contributed by atoms with Crippen molar-refractivity contribution in [2.45, 2.75) is 25.9 Å². The van der Waals surface area contributed by atoms with Gasteiger partial charge in [-0.2, -0.15) is 5.26 Å². The Morgan fingerprint density at radius 1 is 1.50 bits per heavy atom. The minimum Gasteiger partial charge on any atom is -0.388 e. The summed E-state index contributed by atoms with van der Waals surface area (Å²) in [5.74, 6) is 0. The van der Waals surface area contributed by atoms with Gasteiger partial charge in [-0.1, -0.05) is 6.07 Å². The highest BCUT2D eigenvalue weighted by molar-refractivity contribution is 5.58. The van der Waals surface area contributed by atoms with E-state index in [9.17, 15) is 5.11 Å². The number of aliphatic hydroxyl groups is 1. The second-order valence-electron chi connectivity index (χ2n) is 4.75. The average Bonchev–Trinajstić information content (AvgIpc) is 2.35. The van der Waals surface area contributed by atoms with Gasteiger partial charge in [0.2, 0.25) is 0 Å². The van der Waals surface area contributed by atoms with E-state index in [0.717, 1.165) is 11.3 Å². The molecule has 0 saturated carbocycles. The molecule has 0 spiro atoms. The van der Waals surface area contributed by atoms with Crippen molar-refractivity contribution in [3.8, 4) is 6.07 Å². The number of hydrogen-bond donors (Lipinski definition) is 2. The molecule has 0 heterocycles. The van der Waals surface area contributed by atoms with Crippen LogP contribution in [0.4, 0.5) is 5.69 Å². The van der Waals surface area contributed by atoms with Crippen molar-refractivity contribution in [3.05, 3.63) is 29.3 Å². The van der Waals surface area contributed by atoms with E-state index in [1.807, 2.05) is 25.1 Å². The van der Waals surface area contributed by atoms with Crippen molar-refractivity contribution in [3.63, 3.8) is 0 Å². The molecular weight excluding hydrogens is 228 g/mol. The smallest absolute Gasteiger partial charge is 0.101 e. The van der Waals surface area contributed by atoms with Crippen molar-refractivity contribution in [1.82, 2.24) is 0 Å². The Hall–Kier alpha value is -1.57. The third kappa shape index (κ3) is 4.36. The van der Waals surface area contributed by atoms with Crippen molar-refractivity contribution < 1.29 is 9.84 Å². The number of hydrogen-bond acceptors (Lipinski definition) is 4. The van der Waals surface area contributed by atoms with E-state index in [1.54, 1.807) is 14.0 Å². The van der Waals surface area contributed by atoms with E-state index >= 15 is 0 Å². The number of nitriles is 1. The number of rotatable bonds is 6. The SMILES string of the molecule is COCCC(C)(O)CNc1ccc(C)cc1C#N. The van der Waals surface area contributed by atoms with E-state index in [0.29, 0.717) is 25.1 Å². The Kier molecular flexibility index (Phi) is 5.14. The second kappa shape index (κ2) is 6.39. The minimum atomic E-state index is -0.854. The lowest BCUT2D eigenvalue weighted by Gasteiger charge is -2.24. The normalized spacial score (nSPS) is 13.7. The standard InChI is InChI=1S/C14H20N2O2/c1-11-4-5-13(12(8-11)9-15)16-10-14(2,17)6-7-18-3/h4-5,8,16-17H,6-7,10H2,1-3H3. The lowest BCUT2D eigenvalue weighted by molar-refractivity contribution is 0.0357. The number of anilines is 1. The zero-order chi connectivity index (χ0) is 13.6. The molecule has 0 aliphatic carbocycles. The van der Waals surface area contributed by atoms with Crippen LogP contribution in [0.15, 0.2) is 18.2 Å². The van der Waals surface area contributed by atoms with Gasteiger partial charge in [-0.05, 0) is 31.5 Å². The van der Waals surface area contributed by atoms with Crippen LogP contribution in [0.2, 0.25) is 0 Å². The molecule has 1 aromatic rings. The predicted molar refractivity (Wildman–Crippen MR) is 71.5 cm³/mol. The molecule has 0 radical (unpaired) electrons. The summed E-state index contributed by atoms with van der Waals surface area (Å²) in [5, 5.41) is 22.3. The molecule has 0 amide bonds. The quantitative estimate of drug-likeness (QED) is 0.808. The molecule has 0 aliphatic heterocycles. The number of methoxy groups -OCH3 is 1. The molecule has 0 bridgehead atoms. The summed E-state index contributed by atoms with van der Waals surface area (Å²) < 4.78 is 4.95. The summed E-state index contributed by atoms with van der Waals surface area (Å²) in [6.07, 6.45) is 0.546. The van der Waals surface area contributed by atoms with Gasteiger partial charge in [-0.3, -0.25) is 0 Å². The fourth-order valence-corrected chi connectivity index (χ4v) is 1.60. The molecule has 4 heteroatoms. The maximum absolute atomic E-state index is 10.1. The van der Waals surface area contributed by atoms with E-state index < -0.39 is 5.60 Å². The molecule has 0 saturated heterocycles. The number of ether oxygens (including phenoxy) is 1. The summed E-state index contributed by atoms with van der Waals surface area (Å²) in [6, 6.07) is 7.77. The zero-order valence-corrected chi connectivity index (χ0v) is 11.2. The summed E-state index contributed by atoms with van der Waals surface area (Å²) in [6.45, 7) is 4.58. The van der Waals surface area contributed by atoms with Gasteiger partial charge in [-0.15, -0.1) is 0 Å². The lowest BCUT2D eigenvalue weighted by Crippen LogP contribution is -2.34. The van der Waals surface area contributed by atoms with E-state index in [2.05, 4.69) is 11.4 Å². The number of nitrogens with zero attached hydrogens (tertiary/aromatic N) is 1. The van der Waals surface area contributed by atoms with Gasteiger partial charge in [0.25, 0.3) is 0 Å². The van der Waals surface area contributed by atoms with Crippen LogP contribution in [0.5, 0.6) is 0 Å². The second-order valence-corrected chi connectivity index (χ2v) is 4.75. The fourth-order valence-electron chi connectivity index (χ4n) is 1.60. The number of aryl methyl sites for hydroxylation is 1. The van der Waals surface area contributed by atoms with Crippen LogP contribution in [-0.2, 0) is 4.74 Å². The monoisotopic (exact) mass is 248 g/mol.